The van der Waals surface area contributed by atoms with Gasteiger partial charge in [0.25, 0.3) is 0 Å². The van der Waals surface area contributed by atoms with E-state index in [0.29, 0.717) is 11.7 Å². The van der Waals surface area contributed by atoms with Gasteiger partial charge in [0.05, 0.1) is 18.1 Å². The van der Waals surface area contributed by atoms with Crippen LogP contribution in [-0.2, 0) is 0 Å². The predicted molar refractivity (Wildman–Crippen MR) is 81.8 cm³/mol. The number of nitrogens with zero attached hydrogens (tertiary/aromatic N) is 7. The molecule has 0 aliphatic carbocycles. The lowest BCUT2D eigenvalue weighted by molar-refractivity contribution is 0.345. The molecule has 4 heterocycles. The minimum absolute atomic E-state index is 0.0861. The molecule has 4 aromatic heterocycles. The smallest absolute Gasteiger partial charge is 0.249 e. The van der Waals surface area contributed by atoms with E-state index < -0.39 is 0 Å². The maximum Gasteiger partial charge on any atom is 0.249 e. The summed E-state index contributed by atoms with van der Waals surface area (Å²) in [5.41, 5.74) is 3.41. The van der Waals surface area contributed by atoms with E-state index in [1.165, 1.54) is 0 Å². The van der Waals surface area contributed by atoms with Crippen molar-refractivity contribution in [2.75, 3.05) is 0 Å². The Bertz CT molecular complexity index is 967. The van der Waals surface area contributed by atoms with Crippen LogP contribution in [0.1, 0.15) is 30.2 Å². The Balaban J connectivity index is 1.78. The van der Waals surface area contributed by atoms with Crippen LogP contribution in [0.25, 0.3) is 17.0 Å². The van der Waals surface area contributed by atoms with Crippen molar-refractivity contribution in [2.45, 2.75) is 26.8 Å². The molecule has 116 valence electrons. The minimum atomic E-state index is -0.0861. The van der Waals surface area contributed by atoms with Gasteiger partial charge in [-0.05, 0) is 26.8 Å². The Morgan fingerprint density at radius 3 is 2.87 bits per heavy atom. The molecule has 1 unspecified atom stereocenters. The van der Waals surface area contributed by atoms with Crippen molar-refractivity contribution >= 4 is 5.65 Å². The Labute approximate surface area is 131 Å². The third-order valence-electron chi connectivity index (χ3n) is 3.79. The van der Waals surface area contributed by atoms with Gasteiger partial charge in [-0.15, -0.1) is 0 Å². The lowest BCUT2D eigenvalue weighted by Crippen LogP contribution is -2.04. The first-order valence-corrected chi connectivity index (χ1v) is 7.27. The van der Waals surface area contributed by atoms with Gasteiger partial charge in [-0.2, -0.15) is 10.1 Å². The Kier molecular flexibility index (Phi) is 2.97. The summed E-state index contributed by atoms with van der Waals surface area (Å²) >= 11 is 0. The Morgan fingerprint density at radius 2 is 2.09 bits per heavy atom. The van der Waals surface area contributed by atoms with E-state index >= 15 is 0 Å². The molecule has 8 heteroatoms. The normalized spacial score (nSPS) is 12.8. The van der Waals surface area contributed by atoms with Crippen molar-refractivity contribution < 1.29 is 4.52 Å². The van der Waals surface area contributed by atoms with Crippen LogP contribution in [0.3, 0.4) is 0 Å². The fourth-order valence-electron chi connectivity index (χ4n) is 2.57. The van der Waals surface area contributed by atoms with Gasteiger partial charge in [0.15, 0.2) is 5.65 Å². The van der Waals surface area contributed by atoms with Crippen molar-refractivity contribution in [1.82, 2.24) is 34.3 Å². The molecule has 0 spiro atoms. The number of fused-ring (bicyclic) bond motifs is 1. The minimum Gasteiger partial charge on any atom is -0.337 e. The van der Waals surface area contributed by atoms with E-state index in [2.05, 4.69) is 25.2 Å². The monoisotopic (exact) mass is 309 g/mol. The van der Waals surface area contributed by atoms with Gasteiger partial charge in [0, 0.05) is 23.8 Å². The average Bonchev–Trinajstić information content (AvgIpc) is 3.26. The lowest BCUT2D eigenvalue weighted by Gasteiger charge is -2.06. The molecule has 0 saturated heterocycles. The highest BCUT2D eigenvalue weighted by Crippen LogP contribution is 2.24. The topological polar surface area (TPSA) is 86.9 Å². The third kappa shape index (κ3) is 2.19. The van der Waals surface area contributed by atoms with Crippen LogP contribution < -0.4 is 0 Å². The van der Waals surface area contributed by atoms with Crippen molar-refractivity contribution in [3.05, 3.63) is 48.3 Å². The van der Waals surface area contributed by atoms with E-state index in [1.54, 1.807) is 23.2 Å². The summed E-state index contributed by atoms with van der Waals surface area (Å²) in [6, 6.07) is 1.89. The van der Waals surface area contributed by atoms with Crippen molar-refractivity contribution in [3.8, 4) is 11.4 Å². The largest absolute Gasteiger partial charge is 0.337 e. The van der Waals surface area contributed by atoms with Crippen LogP contribution in [-0.4, -0.2) is 34.3 Å². The molecule has 0 aliphatic heterocycles. The average molecular weight is 309 g/mol. The number of aromatic nitrogens is 7. The van der Waals surface area contributed by atoms with Crippen LogP contribution in [0.2, 0.25) is 0 Å². The second-order valence-electron chi connectivity index (χ2n) is 5.47. The summed E-state index contributed by atoms with van der Waals surface area (Å²) in [6.45, 7) is 5.91. The number of hydrogen-bond acceptors (Lipinski definition) is 6. The van der Waals surface area contributed by atoms with Crippen LogP contribution in [0.15, 0.2) is 35.5 Å². The molecule has 8 nitrogen and oxygen atoms in total. The maximum atomic E-state index is 5.41. The molecule has 0 radical (unpaired) electrons. The van der Waals surface area contributed by atoms with E-state index in [0.717, 1.165) is 22.6 Å². The molecule has 4 aromatic rings. The fourth-order valence-corrected chi connectivity index (χ4v) is 2.57. The SMILES string of the molecule is Cc1cc(C)n2ncc(-c3noc(C(C)n4ccnc4)n3)c2n1. The van der Waals surface area contributed by atoms with Crippen molar-refractivity contribution in [3.63, 3.8) is 0 Å². The van der Waals surface area contributed by atoms with Crippen LogP contribution >= 0.6 is 0 Å². The van der Waals surface area contributed by atoms with Crippen molar-refractivity contribution in [1.29, 1.82) is 0 Å². The van der Waals surface area contributed by atoms with E-state index in [1.807, 2.05) is 37.6 Å². The summed E-state index contributed by atoms with van der Waals surface area (Å²) in [7, 11) is 0. The summed E-state index contributed by atoms with van der Waals surface area (Å²) in [5.74, 6) is 1.00. The lowest BCUT2D eigenvalue weighted by atomic mass is 10.3. The zero-order valence-electron chi connectivity index (χ0n) is 13.0. The first-order valence-electron chi connectivity index (χ1n) is 7.27. The van der Waals surface area contributed by atoms with Gasteiger partial charge in [-0.25, -0.2) is 14.5 Å². The number of rotatable bonds is 3. The molecular formula is C15H15N7O. The number of aryl methyl sites for hydroxylation is 2. The molecule has 0 amide bonds. The van der Waals surface area contributed by atoms with Gasteiger partial charge >= 0.3 is 0 Å². The van der Waals surface area contributed by atoms with Crippen molar-refractivity contribution in [2.24, 2.45) is 0 Å². The summed E-state index contributed by atoms with van der Waals surface area (Å²) in [6.07, 6.45) is 7.01. The molecule has 1 atom stereocenters. The standard InChI is InChI=1S/C15H15N7O/c1-9-6-10(2)22-14(18-9)12(7-17-22)13-19-15(23-20-13)11(3)21-5-4-16-8-21/h4-8,11H,1-3H3. The van der Waals surface area contributed by atoms with Gasteiger partial charge < -0.3 is 9.09 Å². The second kappa shape index (κ2) is 5.01. The molecule has 0 aromatic carbocycles. The number of imidazole rings is 1. The summed E-state index contributed by atoms with van der Waals surface area (Å²) in [4.78, 5) is 13.1. The van der Waals surface area contributed by atoms with Crippen LogP contribution in [0.5, 0.6) is 0 Å². The Hall–Kier alpha value is -3.03. The zero-order chi connectivity index (χ0) is 16.0. The van der Waals surface area contributed by atoms with Gasteiger partial charge in [0.1, 0.15) is 6.04 Å². The highest BCUT2D eigenvalue weighted by Gasteiger charge is 2.19. The van der Waals surface area contributed by atoms with E-state index in [4.69, 9.17) is 4.52 Å². The molecule has 0 N–H and O–H groups in total. The van der Waals surface area contributed by atoms with E-state index in [9.17, 15) is 0 Å². The number of hydrogen-bond donors (Lipinski definition) is 0. The quantitative estimate of drug-likeness (QED) is 0.576. The molecule has 23 heavy (non-hydrogen) atoms. The summed E-state index contributed by atoms with van der Waals surface area (Å²) in [5, 5.41) is 8.44. The molecule has 0 aliphatic rings. The van der Waals surface area contributed by atoms with E-state index in [-0.39, 0.29) is 6.04 Å². The molecule has 0 fully saturated rings. The fraction of sp³-hybridized carbons (Fsp3) is 0.267. The molecule has 4 rings (SSSR count). The molecule has 0 saturated carbocycles. The predicted octanol–water partition coefficient (Wildman–Crippen LogP) is 2.20. The second-order valence-corrected chi connectivity index (χ2v) is 5.47. The molecule has 0 bridgehead atoms. The van der Waals surface area contributed by atoms with Gasteiger partial charge in [0.2, 0.25) is 11.7 Å². The highest BCUT2D eigenvalue weighted by molar-refractivity contribution is 5.72. The van der Waals surface area contributed by atoms with Gasteiger partial charge in [-0.1, -0.05) is 5.16 Å². The Morgan fingerprint density at radius 1 is 1.22 bits per heavy atom. The van der Waals surface area contributed by atoms with Crippen LogP contribution in [0, 0.1) is 13.8 Å². The first kappa shape index (κ1) is 13.6. The molecular weight excluding hydrogens is 294 g/mol. The summed E-state index contributed by atoms with van der Waals surface area (Å²) < 4.78 is 9.09. The zero-order valence-corrected chi connectivity index (χ0v) is 13.0. The third-order valence-corrected chi connectivity index (χ3v) is 3.79. The van der Waals surface area contributed by atoms with Crippen LogP contribution in [0.4, 0.5) is 0 Å². The van der Waals surface area contributed by atoms with Gasteiger partial charge in [-0.3, -0.25) is 0 Å². The maximum absolute atomic E-state index is 5.41. The first-order chi connectivity index (χ1) is 11.1. The highest BCUT2D eigenvalue weighted by atomic mass is 16.5.